The highest BCUT2D eigenvalue weighted by molar-refractivity contribution is 5.66. The lowest BCUT2D eigenvalue weighted by molar-refractivity contribution is -0.137. The fourth-order valence-corrected chi connectivity index (χ4v) is 0.214. The summed E-state index contributed by atoms with van der Waals surface area (Å²) in [6.45, 7) is 2.92. The SMILES string of the molecule is CC(=O)O.CCCC(=O)O. The lowest BCUT2D eigenvalue weighted by Crippen LogP contribution is -1.90. The molecule has 4 nitrogen and oxygen atoms in total. The van der Waals surface area contributed by atoms with Crippen LogP contribution in [-0.4, -0.2) is 22.2 Å². The second kappa shape index (κ2) is 7.94. The number of carboxylic acids is 2. The van der Waals surface area contributed by atoms with Gasteiger partial charge in [-0.3, -0.25) is 9.59 Å². The topological polar surface area (TPSA) is 74.6 Å². The molecule has 0 amide bonds. The van der Waals surface area contributed by atoms with Gasteiger partial charge in [-0.2, -0.15) is 0 Å². The molecule has 0 rings (SSSR count). The summed E-state index contributed by atoms with van der Waals surface area (Å²) in [6.07, 6.45) is 1.02. The van der Waals surface area contributed by atoms with Crippen molar-refractivity contribution in [2.24, 2.45) is 0 Å². The molecule has 4 heteroatoms. The van der Waals surface area contributed by atoms with Gasteiger partial charge in [0.1, 0.15) is 0 Å². The minimum atomic E-state index is -0.833. The van der Waals surface area contributed by atoms with Gasteiger partial charge in [-0.15, -0.1) is 0 Å². The Morgan fingerprint density at radius 3 is 1.60 bits per heavy atom. The van der Waals surface area contributed by atoms with E-state index >= 15 is 0 Å². The van der Waals surface area contributed by atoms with Crippen LogP contribution in [0.2, 0.25) is 0 Å². The fourth-order valence-electron chi connectivity index (χ4n) is 0.214. The van der Waals surface area contributed by atoms with Crippen molar-refractivity contribution in [3.8, 4) is 0 Å². The van der Waals surface area contributed by atoms with Crippen LogP contribution in [0.5, 0.6) is 0 Å². The molecule has 0 heterocycles. The molecule has 0 unspecified atom stereocenters. The second-order valence-corrected chi connectivity index (χ2v) is 1.66. The van der Waals surface area contributed by atoms with E-state index in [2.05, 4.69) is 0 Å². The molecule has 0 aliphatic rings. The highest BCUT2D eigenvalue weighted by atomic mass is 16.4. The lowest BCUT2D eigenvalue weighted by atomic mass is 10.4. The molecule has 0 aliphatic heterocycles. The van der Waals surface area contributed by atoms with Crippen LogP contribution in [0.1, 0.15) is 26.7 Å². The molecule has 2 N–H and O–H groups in total. The van der Waals surface area contributed by atoms with Crippen LogP contribution in [0, 0.1) is 0 Å². The largest absolute Gasteiger partial charge is 0.481 e. The Bertz CT molecular complexity index is 104. The van der Waals surface area contributed by atoms with Gasteiger partial charge in [-0.1, -0.05) is 6.92 Å². The second-order valence-electron chi connectivity index (χ2n) is 1.66. The number of carbonyl (C=O) groups is 2. The van der Waals surface area contributed by atoms with Crippen LogP contribution < -0.4 is 0 Å². The molecule has 0 spiro atoms. The Balaban J connectivity index is 0. The predicted molar refractivity (Wildman–Crippen MR) is 35.9 cm³/mol. The van der Waals surface area contributed by atoms with E-state index in [0.717, 1.165) is 13.3 Å². The molecule has 0 bridgehead atoms. The molecule has 0 radical (unpaired) electrons. The first kappa shape index (κ1) is 11.7. The first-order valence-corrected chi connectivity index (χ1v) is 2.92. The van der Waals surface area contributed by atoms with E-state index in [4.69, 9.17) is 15.0 Å². The molecule has 0 aliphatic carbocycles. The first-order valence-electron chi connectivity index (χ1n) is 2.92. The van der Waals surface area contributed by atoms with Gasteiger partial charge in [0.15, 0.2) is 0 Å². The van der Waals surface area contributed by atoms with Gasteiger partial charge < -0.3 is 10.2 Å². The maximum absolute atomic E-state index is 9.60. The van der Waals surface area contributed by atoms with Crippen LogP contribution >= 0.6 is 0 Å². The monoisotopic (exact) mass is 148 g/mol. The molecule has 60 valence electrons. The molecule has 0 aromatic heterocycles. The number of rotatable bonds is 2. The van der Waals surface area contributed by atoms with Crippen LogP contribution in [-0.2, 0) is 9.59 Å². The number of carboxylic acid groups (broad SMARTS) is 2. The van der Waals surface area contributed by atoms with Gasteiger partial charge in [0.2, 0.25) is 0 Å². The predicted octanol–water partition coefficient (Wildman–Crippen LogP) is 0.962. The molecule has 0 fully saturated rings. The normalized spacial score (nSPS) is 7.40. The maximum atomic E-state index is 9.60. The van der Waals surface area contributed by atoms with Crippen LogP contribution in [0.25, 0.3) is 0 Å². The van der Waals surface area contributed by atoms with Crippen molar-refractivity contribution < 1.29 is 19.8 Å². The Kier molecular flexibility index (Phi) is 9.29. The highest BCUT2D eigenvalue weighted by Gasteiger charge is 1.87. The third-order valence-corrected chi connectivity index (χ3v) is 0.464. The number of hydrogen-bond donors (Lipinski definition) is 2. The summed E-state index contributed by atoms with van der Waals surface area (Å²) in [5.74, 6) is -1.54. The van der Waals surface area contributed by atoms with E-state index in [0.29, 0.717) is 6.42 Å². The van der Waals surface area contributed by atoms with Crippen molar-refractivity contribution >= 4 is 11.9 Å². The minimum absolute atomic E-state index is 0.292. The van der Waals surface area contributed by atoms with Gasteiger partial charge in [0.05, 0.1) is 0 Å². The summed E-state index contributed by atoms with van der Waals surface area (Å²) >= 11 is 0. The summed E-state index contributed by atoms with van der Waals surface area (Å²) in [5.41, 5.74) is 0. The Morgan fingerprint density at radius 2 is 1.60 bits per heavy atom. The van der Waals surface area contributed by atoms with Crippen molar-refractivity contribution in [2.75, 3.05) is 0 Å². The Hall–Kier alpha value is -1.06. The van der Waals surface area contributed by atoms with E-state index in [-0.39, 0.29) is 0 Å². The van der Waals surface area contributed by atoms with Gasteiger partial charge in [0.25, 0.3) is 5.97 Å². The molecule has 0 aromatic rings. The summed E-state index contributed by atoms with van der Waals surface area (Å²) in [7, 11) is 0. The van der Waals surface area contributed by atoms with Crippen molar-refractivity contribution in [2.45, 2.75) is 26.7 Å². The van der Waals surface area contributed by atoms with Crippen LogP contribution in [0.4, 0.5) is 0 Å². The van der Waals surface area contributed by atoms with Crippen LogP contribution in [0.15, 0.2) is 0 Å². The molecule has 10 heavy (non-hydrogen) atoms. The number of hydrogen-bond acceptors (Lipinski definition) is 2. The van der Waals surface area contributed by atoms with Gasteiger partial charge in [-0.05, 0) is 6.42 Å². The number of aliphatic carboxylic acids is 2. The lowest BCUT2D eigenvalue weighted by Gasteiger charge is -1.79. The van der Waals surface area contributed by atoms with Crippen molar-refractivity contribution in [1.29, 1.82) is 0 Å². The smallest absolute Gasteiger partial charge is 0.303 e. The summed E-state index contributed by atoms with van der Waals surface area (Å²) in [4.78, 5) is 18.6. The Labute approximate surface area is 59.5 Å². The first-order chi connectivity index (χ1) is 4.50. The fraction of sp³-hybridized carbons (Fsp3) is 0.667. The van der Waals surface area contributed by atoms with E-state index in [1.165, 1.54) is 0 Å². The van der Waals surface area contributed by atoms with Crippen LogP contribution in [0.3, 0.4) is 0 Å². The van der Waals surface area contributed by atoms with Crippen molar-refractivity contribution in [1.82, 2.24) is 0 Å². The zero-order chi connectivity index (χ0) is 8.57. The zero-order valence-electron chi connectivity index (χ0n) is 6.13. The summed E-state index contributed by atoms with van der Waals surface area (Å²) in [6, 6.07) is 0. The molecule has 0 atom stereocenters. The molecule has 0 aromatic carbocycles. The molecular formula is C6H12O4. The Morgan fingerprint density at radius 1 is 1.30 bits per heavy atom. The third kappa shape index (κ3) is 65.1. The molecular weight excluding hydrogens is 136 g/mol. The van der Waals surface area contributed by atoms with Gasteiger partial charge in [0, 0.05) is 13.3 Å². The van der Waals surface area contributed by atoms with Gasteiger partial charge in [-0.25, -0.2) is 0 Å². The summed E-state index contributed by atoms with van der Waals surface area (Å²) < 4.78 is 0. The van der Waals surface area contributed by atoms with E-state index in [9.17, 15) is 4.79 Å². The molecule has 0 saturated heterocycles. The zero-order valence-corrected chi connectivity index (χ0v) is 6.13. The van der Waals surface area contributed by atoms with E-state index in [1.54, 1.807) is 0 Å². The average molecular weight is 148 g/mol. The average Bonchev–Trinajstić information content (AvgIpc) is 1.62. The van der Waals surface area contributed by atoms with E-state index < -0.39 is 11.9 Å². The van der Waals surface area contributed by atoms with Crippen molar-refractivity contribution in [3.63, 3.8) is 0 Å². The summed E-state index contributed by atoms with van der Waals surface area (Å²) in [5, 5.41) is 15.3. The van der Waals surface area contributed by atoms with E-state index in [1.807, 2.05) is 6.92 Å². The third-order valence-electron chi connectivity index (χ3n) is 0.464. The quantitative estimate of drug-likeness (QED) is 0.611. The van der Waals surface area contributed by atoms with Crippen molar-refractivity contribution in [3.05, 3.63) is 0 Å². The maximum Gasteiger partial charge on any atom is 0.303 e. The molecule has 0 saturated carbocycles. The minimum Gasteiger partial charge on any atom is -0.481 e. The highest BCUT2D eigenvalue weighted by Crippen LogP contribution is 1.82. The standard InChI is InChI=1S/C4H8O2.C2H4O2/c1-2-3-4(5)6;1-2(3)4/h2-3H2,1H3,(H,5,6);1H3,(H,3,4). The van der Waals surface area contributed by atoms with Gasteiger partial charge >= 0.3 is 5.97 Å².